The molecule has 3 heteroatoms. The second kappa shape index (κ2) is 5.99. The summed E-state index contributed by atoms with van der Waals surface area (Å²) in [4.78, 5) is 2.54. The summed E-state index contributed by atoms with van der Waals surface area (Å²) in [6.45, 7) is 3.16. The molecule has 3 nitrogen and oxygen atoms in total. The normalized spacial score (nSPS) is 37.5. The van der Waals surface area contributed by atoms with Gasteiger partial charge in [-0.1, -0.05) is 12.8 Å². The van der Waals surface area contributed by atoms with Crippen molar-refractivity contribution in [1.82, 2.24) is 4.90 Å². The second-order valence-corrected chi connectivity index (χ2v) is 5.50. The summed E-state index contributed by atoms with van der Waals surface area (Å²) < 4.78 is 0. The van der Waals surface area contributed by atoms with E-state index in [0.717, 1.165) is 25.3 Å². The van der Waals surface area contributed by atoms with Crippen molar-refractivity contribution in [2.24, 2.45) is 11.7 Å². The molecule has 0 spiro atoms. The van der Waals surface area contributed by atoms with Crippen LogP contribution in [0.2, 0.25) is 0 Å². The molecule has 0 aromatic rings. The SMILES string of the molecule is NCCC1CCCN(C2CCCCC2O)C1. The van der Waals surface area contributed by atoms with Gasteiger partial charge in [-0.25, -0.2) is 0 Å². The lowest BCUT2D eigenvalue weighted by atomic mass is 9.87. The highest BCUT2D eigenvalue weighted by molar-refractivity contribution is 4.86. The first kappa shape index (κ1) is 12.3. The third-order valence-electron chi connectivity index (χ3n) is 4.29. The van der Waals surface area contributed by atoms with Crippen LogP contribution in [-0.4, -0.2) is 41.8 Å². The first-order valence-corrected chi connectivity index (χ1v) is 6.93. The van der Waals surface area contributed by atoms with E-state index < -0.39 is 0 Å². The number of rotatable bonds is 3. The monoisotopic (exact) mass is 226 g/mol. The van der Waals surface area contributed by atoms with Gasteiger partial charge in [0.25, 0.3) is 0 Å². The van der Waals surface area contributed by atoms with E-state index in [4.69, 9.17) is 5.73 Å². The fourth-order valence-electron chi connectivity index (χ4n) is 3.39. The minimum atomic E-state index is -0.0784. The zero-order valence-electron chi connectivity index (χ0n) is 10.3. The molecule has 3 N–H and O–H groups in total. The van der Waals surface area contributed by atoms with Crippen LogP contribution in [0.15, 0.2) is 0 Å². The van der Waals surface area contributed by atoms with Crippen LogP contribution in [0.25, 0.3) is 0 Å². The summed E-state index contributed by atoms with van der Waals surface area (Å²) in [5.74, 6) is 0.771. The largest absolute Gasteiger partial charge is 0.391 e. The van der Waals surface area contributed by atoms with E-state index in [1.54, 1.807) is 0 Å². The maximum absolute atomic E-state index is 10.1. The predicted octanol–water partition coefficient (Wildman–Crippen LogP) is 1.35. The van der Waals surface area contributed by atoms with Crippen LogP contribution in [0.1, 0.15) is 44.9 Å². The van der Waals surface area contributed by atoms with Gasteiger partial charge < -0.3 is 10.8 Å². The van der Waals surface area contributed by atoms with Gasteiger partial charge in [0.1, 0.15) is 0 Å². The van der Waals surface area contributed by atoms with Gasteiger partial charge in [-0.2, -0.15) is 0 Å². The highest BCUT2D eigenvalue weighted by Gasteiger charge is 2.31. The first-order valence-electron chi connectivity index (χ1n) is 6.93. The summed E-state index contributed by atoms with van der Waals surface area (Å²) in [6, 6.07) is 0.439. The van der Waals surface area contributed by atoms with E-state index in [2.05, 4.69) is 4.90 Å². The van der Waals surface area contributed by atoms with Crippen LogP contribution >= 0.6 is 0 Å². The molecule has 16 heavy (non-hydrogen) atoms. The summed E-state index contributed by atoms with van der Waals surface area (Å²) in [5, 5.41) is 10.1. The van der Waals surface area contributed by atoms with Gasteiger partial charge in [-0.3, -0.25) is 4.90 Å². The quantitative estimate of drug-likeness (QED) is 0.764. The van der Waals surface area contributed by atoms with E-state index in [-0.39, 0.29) is 6.10 Å². The molecule has 2 aliphatic rings. The number of hydrogen-bond acceptors (Lipinski definition) is 3. The fraction of sp³-hybridized carbons (Fsp3) is 1.00. The Morgan fingerprint density at radius 3 is 2.69 bits per heavy atom. The Balaban J connectivity index is 1.87. The molecule has 1 aliphatic heterocycles. The summed E-state index contributed by atoms with van der Waals surface area (Å²) >= 11 is 0. The van der Waals surface area contributed by atoms with E-state index >= 15 is 0 Å². The maximum atomic E-state index is 10.1. The molecule has 1 saturated heterocycles. The lowest BCUT2D eigenvalue weighted by Gasteiger charge is -2.42. The van der Waals surface area contributed by atoms with Crippen LogP contribution in [0, 0.1) is 5.92 Å². The molecule has 1 heterocycles. The van der Waals surface area contributed by atoms with Crippen molar-refractivity contribution in [3.63, 3.8) is 0 Å². The number of likely N-dealkylation sites (tertiary alicyclic amines) is 1. The van der Waals surface area contributed by atoms with Crippen LogP contribution < -0.4 is 5.73 Å². The van der Waals surface area contributed by atoms with Crippen molar-refractivity contribution in [3.05, 3.63) is 0 Å². The third kappa shape index (κ3) is 2.96. The van der Waals surface area contributed by atoms with E-state index in [0.29, 0.717) is 6.04 Å². The summed E-state index contributed by atoms with van der Waals surface area (Å²) in [7, 11) is 0. The highest BCUT2D eigenvalue weighted by Crippen LogP contribution is 2.28. The molecule has 3 unspecified atom stereocenters. The van der Waals surface area contributed by atoms with Crippen molar-refractivity contribution in [2.75, 3.05) is 19.6 Å². The average Bonchev–Trinajstić information content (AvgIpc) is 2.30. The highest BCUT2D eigenvalue weighted by atomic mass is 16.3. The van der Waals surface area contributed by atoms with Crippen molar-refractivity contribution in [3.8, 4) is 0 Å². The predicted molar refractivity (Wildman–Crippen MR) is 66.2 cm³/mol. The number of piperidine rings is 1. The molecular formula is C13H26N2O. The molecule has 0 aromatic heterocycles. The Bertz CT molecular complexity index is 208. The molecule has 1 saturated carbocycles. The van der Waals surface area contributed by atoms with Crippen LogP contribution in [0.3, 0.4) is 0 Å². The molecule has 94 valence electrons. The Morgan fingerprint density at radius 1 is 1.12 bits per heavy atom. The van der Waals surface area contributed by atoms with Crippen LogP contribution in [0.4, 0.5) is 0 Å². The maximum Gasteiger partial charge on any atom is 0.0695 e. The number of nitrogens with zero attached hydrogens (tertiary/aromatic N) is 1. The van der Waals surface area contributed by atoms with Crippen LogP contribution in [-0.2, 0) is 0 Å². The van der Waals surface area contributed by atoms with Crippen molar-refractivity contribution in [1.29, 1.82) is 0 Å². The van der Waals surface area contributed by atoms with Gasteiger partial charge in [0.15, 0.2) is 0 Å². The van der Waals surface area contributed by atoms with Gasteiger partial charge >= 0.3 is 0 Å². The topological polar surface area (TPSA) is 49.5 Å². The van der Waals surface area contributed by atoms with Crippen molar-refractivity contribution < 1.29 is 5.11 Å². The Hall–Kier alpha value is -0.120. The fourth-order valence-corrected chi connectivity index (χ4v) is 3.39. The summed E-state index contributed by atoms with van der Waals surface area (Å²) in [6.07, 6.45) is 8.38. The minimum Gasteiger partial charge on any atom is -0.391 e. The molecule has 0 radical (unpaired) electrons. The van der Waals surface area contributed by atoms with Crippen molar-refractivity contribution >= 4 is 0 Å². The number of hydrogen-bond donors (Lipinski definition) is 2. The summed E-state index contributed by atoms with van der Waals surface area (Å²) in [5.41, 5.74) is 5.64. The van der Waals surface area contributed by atoms with E-state index in [1.807, 2.05) is 0 Å². The third-order valence-corrected chi connectivity index (χ3v) is 4.29. The zero-order valence-corrected chi connectivity index (χ0v) is 10.3. The number of aliphatic hydroxyl groups is 1. The van der Waals surface area contributed by atoms with Gasteiger partial charge in [0.2, 0.25) is 0 Å². The molecule has 1 aliphatic carbocycles. The molecule has 0 bridgehead atoms. The lowest BCUT2D eigenvalue weighted by Crippen LogP contribution is -2.49. The van der Waals surface area contributed by atoms with Gasteiger partial charge in [-0.05, 0) is 51.1 Å². The van der Waals surface area contributed by atoms with E-state index in [9.17, 15) is 5.11 Å². The molecule has 3 atom stereocenters. The molecule has 0 aromatic carbocycles. The second-order valence-electron chi connectivity index (χ2n) is 5.50. The molecule has 2 fully saturated rings. The van der Waals surface area contributed by atoms with E-state index in [1.165, 1.54) is 45.2 Å². The molecule has 2 rings (SSSR count). The smallest absolute Gasteiger partial charge is 0.0695 e. The Morgan fingerprint density at radius 2 is 1.94 bits per heavy atom. The van der Waals surface area contributed by atoms with Crippen LogP contribution in [0.5, 0.6) is 0 Å². The van der Waals surface area contributed by atoms with Crippen molar-refractivity contribution in [2.45, 2.75) is 57.1 Å². The average molecular weight is 226 g/mol. The molecular weight excluding hydrogens is 200 g/mol. The van der Waals surface area contributed by atoms with Gasteiger partial charge in [0.05, 0.1) is 6.10 Å². The lowest BCUT2D eigenvalue weighted by molar-refractivity contribution is -0.000372. The zero-order chi connectivity index (χ0) is 11.4. The number of nitrogens with two attached hydrogens (primary N) is 1. The first-order chi connectivity index (χ1) is 7.81. The minimum absolute atomic E-state index is 0.0784. The van der Waals surface area contributed by atoms with Gasteiger partial charge in [-0.15, -0.1) is 0 Å². The van der Waals surface area contributed by atoms with Gasteiger partial charge in [0, 0.05) is 12.6 Å². The standard InChI is InChI=1S/C13H26N2O/c14-8-7-11-4-3-9-15(10-11)12-5-1-2-6-13(12)16/h11-13,16H,1-10,14H2. The molecule has 0 amide bonds. The Labute approximate surface area is 99.0 Å². The number of aliphatic hydroxyl groups excluding tert-OH is 1. The Kier molecular flexibility index (Phi) is 4.62.